The largest absolute Gasteiger partial charge is 0.501 e. The van der Waals surface area contributed by atoms with Crippen LogP contribution in [0, 0.1) is 0 Å². The smallest absolute Gasteiger partial charge is 0.210 e. The molecule has 0 radical (unpaired) electrons. The molecular weight excluding hydrogens is 312 g/mol. The van der Waals surface area contributed by atoms with Gasteiger partial charge in [0, 0.05) is 30.8 Å². The van der Waals surface area contributed by atoms with Crippen LogP contribution in [0.5, 0.6) is 0 Å². The van der Waals surface area contributed by atoms with Gasteiger partial charge in [-0.3, -0.25) is 4.79 Å². The summed E-state index contributed by atoms with van der Waals surface area (Å²) in [7, 11) is 1.69. The van der Waals surface area contributed by atoms with E-state index in [1.54, 1.807) is 7.11 Å². The van der Waals surface area contributed by atoms with Crippen molar-refractivity contribution in [2.24, 2.45) is 0 Å². The lowest BCUT2D eigenvalue weighted by atomic mass is 9.82. The first kappa shape index (κ1) is 15.8. The lowest BCUT2D eigenvalue weighted by Crippen LogP contribution is -2.44. The number of fused-ring (bicyclic) bond motifs is 2. The van der Waals surface area contributed by atoms with E-state index in [-0.39, 0.29) is 6.04 Å². The fourth-order valence-electron chi connectivity index (χ4n) is 3.96. The summed E-state index contributed by atoms with van der Waals surface area (Å²) in [6, 6.07) is 8.41. The second kappa shape index (κ2) is 6.63. The number of nitrogens with zero attached hydrogens (tertiary/aromatic N) is 1. The molecular formula is C21H22N2O2. The van der Waals surface area contributed by atoms with Crippen LogP contribution in [0.4, 0.5) is 5.69 Å². The number of methoxy groups -OCH3 is 1. The van der Waals surface area contributed by atoms with Gasteiger partial charge in [0.1, 0.15) is 0 Å². The summed E-state index contributed by atoms with van der Waals surface area (Å²) < 4.78 is 5.37. The van der Waals surface area contributed by atoms with E-state index in [1.165, 1.54) is 22.4 Å². The summed E-state index contributed by atoms with van der Waals surface area (Å²) in [5.74, 6) is 0.932. The average molecular weight is 334 g/mol. The monoisotopic (exact) mass is 334 g/mol. The third kappa shape index (κ3) is 2.78. The van der Waals surface area contributed by atoms with Crippen LogP contribution >= 0.6 is 0 Å². The Balaban J connectivity index is 1.81. The number of allylic oxidation sites excluding steroid dienone is 3. The maximum Gasteiger partial charge on any atom is 0.210 e. The minimum atomic E-state index is -0.0224. The van der Waals surface area contributed by atoms with Gasteiger partial charge in [-0.25, -0.2) is 0 Å². The highest BCUT2D eigenvalue weighted by Gasteiger charge is 2.33. The van der Waals surface area contributed by atoms with Crippen molar-refractivity contribution in [3.05, 3.63) is 71.0 Å². The fraction of sp³-hybridized carbons (Fsp3) is 0.286. The molecule has 0 fully saturated rings. The molecule has 1 unspecified atom stereocenters. The molecule has 0 spiro atoms. The highest BCUT2D eigenvalue weighted by molar-refractivity contribution is 5.84. The van der Waals surface area contributed by atoms with Crippen LogP contribution in [0.25, 0.3) is 5.57 Å². The SMILES string of the molecule is COC1=CC=C(C2C3=C(CCN2C=O)c2ccccc2NC3)C=CC1. The Bertz CT molecular complexity index is 817. The zero-order valence-corrected chi connectivity index (χ0v) is 14.4. The topological polar surface area (TPSA) is 41.6 Å². The van der Waals surface area contributed by atoms with Crippen LogP contribution in [0.2, 0.25) is 0 Å². The Kier molecular flexibility index (Phi) is 4.18. The van der Waals surface area contributed by atoms with Gasteiger partial charge in [-0.05, 0) is 35.3 Å². The quantitative estimate of drug-likeness (QED) is 0.860. The summed E-state index contributed by atoms with van der Waals surface area (Å²) in [5.41, 5.74) is 6.26. The molecule has 0 saturated carbocycles. The maximum atomic E-state index is 11.7. The van der Waals surface area contributed by atoms with Crippen LogP contribution in [0.15, 0.2) is 65.5 Å². The van der Waals surface area contributed by atoms with E-state index in [2.05, 4.69) is 47.8 Å². The summed E-state index contributed by atoms with van der Waals surface area (Å²) in [4.78, 5) is 13.6. The Morgan fingerprint density at radius 1 is 1.28 bits per heavy atom. The number of hydrogen-bond acceptors (Lipinski definition) is 3. The van der Waals surface area contributed by atoms with Gasteiger partial charge in [-0.2, -0.15) is 0 Å². The molecule has 2 heterocycles. The summed E-state index contributed by atoms with van der Waals surface area (Å²) in [6.45, 7) is 1.51. The number of anilines is 1. The number of rotatable bonds is 3. The maximum absolute atomic E-state index is 11.7. The zero-order valence-electron chi connectivity index (χ0n) is 14.4. The van der Waals surface area contributed by atoms with E-state index in [4.69, 9.17) is 4.74 Å². The van der Waals surface area contributed by atoms with Gasteiger partial charge in [0.25, 0.3) is 0 Å². The Hall–Kier alpha value is -2.75. The molecule has 1 aliphatic carbocycles. The highest BCUT2D eigenvalue weighted by Crippen LogP contribution is 2.40. The molecule has 1 aromatic rings. The number of carbonyl (C=O) groups excluding carboxylic acids is 1. The average Bonchev–Trinajstić information content (AvgIpc) is 2.92. The van der Waals surface area contributed by atoms with Crippen molar-refractivity contribution in [1.82, 2.24) is 4.90 Å². The number of benzene rings is 1. The first-order valence-electron chi connectivity index (χ1n) is 8.69. The lowest BCUT2D eigenvalue weighted by Gasteiger charge is -2.40. The molecule has 1 atom stereocenters. The molecule has 1 aromatic carbocycles. The van der Waals surface area contributed by atoms with Gasteiger partial charge >= 0.3 is 0 Å². The number of carbonyl (C=O) groups is 1. The van der Waals surface area contributed by atoms with Crippen molar-refractivity contribution < 1.29 is 9.53 Å². The van der Waals surface area contributed by atoms with Gasteiger partial charge in [0.15, 0.2) is 0 Å². The molecule has 1 amide bonds. The molecule has 0 aromatic heterocycles. The number of nitrogens with one attached hydrogen (secondary N) is 1. The normalized spacial score (nSPS) is 22.1. The minimum absolute atomic E-state index is 0.0224. The lowest BCUT2D eigenvalue weighted by molar-refractivity contribution is -0.119. The molecule has 0 bridgehead atoms. The van der Waals surface area contributed by atoms with Crippen LogP contribution in [-0.4, -0.2) is 37.6 Å². The van der Waals surface area contributed by atoms with E-state index in [0.29, 0.717) is 0 Å². The van der Waals surface area contributed by atoms with Gasteiger partial charge in [0.2, 0.25) is 6.41 Å². The highest BCUT2D eigenvalue weighted by atomic mass is 16.5. The van der Waals surface area contributed by atoms with Gasteiger partial charge < -0.3 is 15.0 Å². The van der Waals surface area contributed by atoms with Crippen LogP contribution in [0.3, 0.4) is 0 Å². The Labute approximate surface area is 148 Å². The number of hydrogen-bond donors (Lipinski definition) is 1. The zero-order chi connectivity index (χ0) is 17.2. The van der Waals surface area contributed by atoms with Crippen molar-refractivity contribution in [3.8, 4) is 0 Å². The van der Waals surface area contributed by atoms with E-state index in [9.17, 15) is 4.79 Å². The van der Waals surface area contributed by atoms with Crippen molar-refractivity contribution in [1.29, 1.82) is 0 Å². The van der Waals surface area contributed by atoms with E-state index < -0.39 is 0 Å². The van der Waals surface area contributed by atoms with Gasteiger partial charge in [0.05, 0.1) is 18.9 Å². The van der Waals surface area contributed by atoms with Crippen molar-refractivity contribution >= 4 is 17.7 Å². The van der Waals surface area contributed by atoms with Crippen molar-refractivity contribution in [3.63, 3.8) is 0 Å². The summed E-state index contributed by atoms with van der Waals surface area (Å²) in [6.07, 6.45) is 11.0. The third-order valence-corrected chi connectivity index (χ3v) is 5.20. The molecule has 25 heavy (non-hydrogen) atoms. The Morgan fingerprint density at radius 2 is 2.16 bits per heavy atom. The molecule has 2 aliphatic heterocycles. The van der Waals surface area contributed by atoms with E-state index in [1.807, 2.05) is 11.0 Å². The van der Waals surface area contributed by atoms with Crippen molar-refractivity contribution in [2.45, 2.75) is 18.9 Å². The molecule has 4 heteroatoms. The molecule has 128 valence electrons. The van der Waals surface area contributed by atoms with E-state index >= 15 is 0 Å². The van der Waals surface area contributed by atoms with Crippen LogP contribution in [0.1, 0.15) is 18.4 Å². The molecule has 3 aliphatic rings. The number of ether oxygens (including phenoxy) is 1. The van der Waals surface area contributed by atoms with Gasteiger partial charge in [-0.1, -0.05) is 36.4 Å². The predicted octanol–water partition coefficient (Wildman–Crippen LogP) is 3.51. The standard InChI is InChI=1S/C21H22N2O2/c1-25-16-6-4-5-15(9-10-16)21-19-13-22-20-8-3-2-7-18(20)17(19)11-12-23(21)14-24/h2-5,7-10,14,21-22H,6,11-13H2,1H3. The third-order valence-electron chi connectivity index (χ3n) is 5.20. The number of para-hydroxylation sites is 1. The molecule has 4 nitrogen and oxygen atoms in total. The van der Waals surface area contributed by atoms with E-state index in [0.717, 1.165) is 43.7 Å². The van der Waals surface area contributed by atoms with Crippen LogP contribution < -0.4 is 5.32 Å². The van der Waals surface area contributed by atoms with Crippen LogP contribution in [-0.2, 0) is 9.53 Å². The first-order chi connectivity index (χ1) is 12.3. The number of amides is 1. The first-order valence-corrected chi connectivity index (χ1v) is 8.69. The second-order valence-electron chi connectivity index (χ2n) is 6.51. The van der Waals surface area contributed by atoms with Crippen molar-refractivity contribution in [2.75, 3.05) is 25.5 Å². The summed E-state index contributed by atoms with van der Waals surface area (Å²) in [5, 5.41) is 3.52. The summed E-state index contributed by atoms with van der Waals surface area (Å²) >= 11 is 0. The van der Waals surface area contributed by atoms with Gasteiger partial charge in [-0.15, -0.1) is 0 Å². The predicted molar refractivity (Wildman–Crippen MR) is 100.0 cm³/mol. The Morgan fingerprint density at radius 3 is 3.00 bits per heavy atom. The molecule has 4 rings (SSSR count). The molecule has 0 saturated heterocycles. The minimum Gasteiger partial charge on any atom is -0.501 e. The fourth-order valence-corrected chi connectivity index (χ4v) is 3.96. The second-order valence-corrected chi connectivity index (χ2v) is 6.51. The molecule has 1 N–H and O–H groups in total.